The van der Waals surface area contributed by atoms with Crippen molar-refractivity contribution in [2.45, 2.75) is 33.2 Å². The lowest BCUT2D eigenvalue weighted by molar-refractivity contribution is -0.122. The maximum atomic E-state index is 11.4. The molecule has 0 aromatic carbocycles. The van der Waals surface area contributed by atoms with E-state index in [-0.39, 0.29) is 23.5 Å². The van der Waals surface area contributed by atoms with E-state index in [0.29, 0.717) is 13.1 Å². The van der Waals surface area contributed by atoms with Crippen molar-refractivity contribution in [1.29, 1.82) is 0 Å². The molecule has 0 spiro atoms. The largest absolute Gasteiger partial charge is 0.355 e. The number of sulfone groups is 1. The van der Waals surface area contributed by atoms with Crippen molar-refractivity contribution in [3.8, 4) is 0 Å². The molecule has 0 saturated carbocycles. The van der Waals surface area contributed by atoms with E-state index in [9.17, 15) is 13.2 Å². The van der Waals surface area contributed by atoms with Crippen molar-refractivity contribution in [3.63, 3.8) is 0 Å². The summed E-state index contributed by atoms with van der Waals surface area (Å²) >= 11 is 0. The fourth-order valence-corrected chi connectivity index (χ4v) is 1.79. The minimum Gasteiger partial charge on any atom is -0.355 e. The third-order valence-electron chi connectivity index (χ3n) is 2.25. The summed E-state index contributed by atoms with van der Waals surface area (Å²) in [5.74, 6) is 0.135. The van der Waals surface area contributed by atoms with Gasteiger partial charge >= 0.3 is 0 Å². The Morgan fingerprint density at radius 3 is 2.38 bits per heavy atom. The Hall–Kier alpha value is -0.620. The van der Waals surface area contributed by atoms with Gasteiger partial charge in [-0.1, -0.05) is 13.8 Å². The van der Waals surface area contributed by atoms with E-state index in [4.69, 9.17) is 0 Å². The Bertz CT molecular complexity index is 301. The Kier molecular flexibility index (Phi) is 7.33. The summed E-state index contributed by atoms with van der Waals surface area (Å²) in [6.07, 6.45) is 0.892. The van der Waals surface area contributed by atoms with Gasteiger partial charge in [0.05, 0.1) is 11.8 Å². The van der Waals surface area contributed by atoms with Gasteiger partial charge in [0.1, 0.15) is 0 Å². The fourth-order valence-electron chi connectivity index (χ4n) is 1.07. The van der Waals surface area contributed by atoms with E-state index >= 15 is 0 Å². The summed E-state index contributed by atoms with van der Waals surface area (Å²) in [5.41, 5.74) is 0. The van der Waals surface area contributed by atoms with Gasteiger partial charge in [0.15, 0.2) is 9.84 Å². The van der Waals surface area contributed by atoms with Crippen LogP contribution in [-0.2, 0) is 14.6 Å². The molecule has 2 N–H and O–H groups in total. The van der Waals surface area contributed by atoms with Gasteiger partial charge < -0.3 is 10.6 Å². The van der Waals surface area contributed by atoms with E-state index in [0.717, 1.165) is 6.42 Å². The highest BCUT2D eigenvalue weighted by atomic mass is 32.2. The first-order valence-electron chi connectivity index (χ1n) is 5.64. The SMILES string of the molecule is CCCNC(=O)C(C)NCCS(=O)(=O)CC. The van der Waals surface area contributed by atoms with Gasteiger partial charge in [-0.05, 0) is 13.3 Å². The van der Waals surface area contributed by atoms with Crippen LogP contribution in [0.2, 0.25) is 0 Å². The van der Waals surface area contributed by atoms with Crippen molar-refractivity contribution in [1.82, 2.24) is 10.6 Å². The van der Waals surface area contributed by atoms with Crippen LogP contribution in [-0.4, -0.2) is 45.0 Å². The highest BCUT2D eigenvalue weighted by Gasteiger charge is 2.13. The smallest absolute Gasteiger partial charge is 0.236 e. The minimum atomic E-state index is -2.95. The lowest BCUT2D eigenvalue weighted by Crippen LogP contribution is -2.43. The van der Waals surface area contributed by atoms with Crippen LogP contribution in [0.5, 0.6) is 0 Å². The quantitative estimate of drug-likeness (QED) is 0.632. The van der Waals surface area contributed by atoms with E-state index in [2.05, 4.69) is 10.6 Å². The van der Waals surface area contributed by atoms with Crippen molar-refractivity contribution >= 4 is 15.7 Å². The molecule has 5 nitrogen and oxygen atoms in total. The topological polar surface area (TPSA) is 75.3 Å². The first-order chi connectivity index (χ1) is 7.43. The monoisotopic (exact) mass is 250 g/mol. The van der Waals surface area contributed by atoms with Crippen LogP contribution in [0.4, 0.5) is 0 Å². The number of hydrogen-bond donors (Lipinski definition) is 2. The second-order valence-corrected chi connectivity index (χ2v) is 6.18. The summed E-state index contributed by atoms with van der Waals surface area (Å²) in [6, 6.07) is -0.349. The molecule has 1 amide bonds. The highest BCUT2D eigenvalue weighted by Crippen LogP contribution is 1.89. The van der Waals surface area contributed by atoms with Crippen LogP contribution in [0.25, 0.3) is 0 Å². The van der Waals surface area contributed by atoms with E-state index < -0.39 is 9.84 Å². The second kappa shape index (κ2) is 7.62. The van der Waals surface area contributed by atoms with Gasteiger partial charge in [-0.15, -0.1) is 0 Å². The van der Waals surface area contributed by atoms with Crippen molar-refractivity contribution in [2.75, 3.05) is 24.6 Å². The van der Waals surface area contributed by atoms with E-state index in [1.165, 1.54) is 0 Å². The normalized spacial score (nSPS) is 13.4. The Morgan fingerprint density at radius 1 is 1.25 bits per heavy atom. The van der Waals surface area contributed by atoms with Gasteiger partial charge in [0.2, 0.25) is 5.91 Å². The van der Waals surface area contributed by atoms with Crippen molar-refractivity contribution in [3.05, 3.63) is 0 Å². The molecule has 0 radical (unpaired) electrons. The molecule has 16 heavy (non-hydrogen) atoms. The van der Waals surface area contributed by atoms with E-state index in [1.54, 1.807) is 13.8 Å². The number of hydrogen-bond acceptors (Lipinski definition) is 4. The number of nitrogens with one attached hydrogen (secondary N) is 2. The van der Waals surface area contributed by atoms with Gasteiger partial charge in [-0.2, -0.15) is 0 Å². The predicted octanol–water partition coefficient (Wildman–Crippen LogP) is -0.0746. The third kappa shape index (κ3) is 6.79. The number of carbonyl (C=O) groups excluding carboxylic acids is 1. The third-order valence-corrected chi connectivity index (χ3v) is 3.95. The number of rotatable bonds is 8. The summed E-state index contributed by atoms with van der Waals surface area (Å²) in [5, 5.41) is 5.63. The molecule has 0 rings (SSSR count). The van der Waals surface area contributed by atoms with Crippen molar-refractivity contribution in [2.24, 2.45) is 0 Å². The first kappa shape index (κ1) is 15.4. The van der Waals surface area contributed by atoms with Gasteiger partial charge in [0, 0.05) is 18.8 Å². The van der Waals surface area contributed by atoms with Gasteiger partial charge in [-0.25, -0.2) is 8.42 Å². The molecule has 1 unspecified atom stereocenters. The molecule has 0 bridgehead atoms. The van der Waals surface area contributed by atoms with Gasteiger partial charge in [-0.3, -0.25) is 4.79 Å². The molecule has 0 saturated heterocycles. The number of carbonyl (C=O) groups is 1. The molecule has 0 heterocycles. The molecule has 0 aliphatic rings. The summed E-state index contributed by atoms with van der Waals surface area (Å²) < 4.78 is 22.4. The average molecular weight is 250 g/mol. The fraction of sp³-hybridized carbons (Fsp3) is 0.900. The Labute approximate surface area is 97.9 Å². The highest BCUT2D eigenvalue weighted by molar-refractivity contribution is 7.91. The molecular formula is C10H22N2O3S. The molecule has 0 aromatic rings. The average Bonchev–Trinajstić information content (AvgIpc) is 2.25. The standard InChI is InChI=1S/C10H22N2O3S/c1-4-6-12-10(13)9(3)11-7-8-16(14,15)5-2/h9,11H,4-8H2,1-3H3,(H,12,13). The molecule has 6 heteroatoms. The molecule has 0 aromatic heterocycles. The van der Waals surface area contributed by atoms with Crippen LogP contribution in [0.1, 0.15) is 27.2 Å². The maximum Gasteiger partial charge on any atom is 0.236 e. The number of amides is 1. The van der Waals surface area contributed by atoms with Crippen LogP contribution < -0.4 is 10.6 Å². The predicted molar refractivity (Wildman–Crippen MR) is 65.1 cm³/mol. The Morgan fingerprint density at radius 2 is 1.88 bits per heavy atom. The zero-order chi connectivity index (χ0) is 12.6. The first-order valence-corrected chi connectivity index (χ1v) is 7.46. The summed E-state index contributed by atoms with van der Waals surface area (Å²) in [6.45, 7) is 6.29. The Balaban J connectivity index is 3.81. The maximum absolute atomic E-state index is 11.4. The molecule has 1 atom stereocenters. The molecule has 0 fully saturated rings. The summed E-state index contributed by atoms with van der Waals surface area (Å²) in [4.78, 5) is 11.4. The lowest BCUT2D eigenvalue weighted by atomic mass is 10.3. The molecular weight excluding hydrogens is 228 g/mol. The van der Waals surface area contributed by atoms with E-state index in [1.807, 2.05) is 6.92 Å². The lowest BCUT2D eigenvalue weighted by Gasteiger charge is -2.13. The molecule has 96 valence electrons. The minimum absolute atomic E-state index is 0.0783. The summed E-state index contributed by atoms with van der Waals surface area (Å²) in [7, 11) is -2.95. The van der Waals surface area contributed by atoms with Crippen LogP contribution in [0, 0.1) is 0 Å². The zero-order valence-corrected chi connectivity index (χ0v) is 11.1. The molecule has 0 aliphatic heterocycles. The zero-order valence-electron chi connectivity index (χ0n) is 10.2. The second-order valence-electron chi connectivity index (χ2n) is 3.70. The molecule has 0 aliphatic carbocycles. The van der Waals surface area contributed by atoms with Crippen molar-refractivity contribution < 1.29 is 13.2 Å². The van der Waals surface area contributed by atoms with Crippen LogP contribution in [0.15, 0.2) is 0 Å². The van der Waals surface area contributed by atoms with Crippen LogP contribution >= 0.6 is 0 Å². The van der Waals surface area contributed by atoms with Gasteiger partial charge in [0.25, 0.3) is 0 Å². The van der Waals surface area contributed by atoms with Crippen LogP contribution in [0.3, 0.4) is 0 Å².